The lowest BCUT2D eigenvalue weighted by molar-refractivity contribution is 0.401. The monoisotopic (exact) mass is 141 g/mol. The molecule has 3 atom stereocenters. The van der Waals surface area contributed by atoms with Gasteiger partial charge >= 0.3 is 0 Å². The number of nitrogens with zero attached hydrogens (tertiary/aromatic N) is 1. The van der Waals surface area contributed by atoms with Crippen LogP contribution in [-0.2, 0) is 0 Å². The van der Waals surface area contributed by atoms with Crippen molar-refractivity contribution >= 4 is 0 Å². The smallest absolute Gasteiger partial charge is 0.0252 e. The summed E-state index contributed by atoms with van der Waals surface area (Å²) in [5.74, 6) is 0. The minimum atomic E-state index is 0.942. The molecular formula is C9H19N. The second-order valence-electron chi connectivity index (χ2n) is 3.04. The van der Waals surface area contributed by atoms with Crippen molar-refractivity contribution in [3.8, 4) is 0 Å². The molecule has 1 nitrogen and oxygen atoms in total. The molecule has 0 bridgehead atoms. The van der Waals surface area contributed by atoms with Crippen LogP contribution in [0, 0.1) is 0 Å². The van der Waals surface area contributed by atoms with Crippen LogP contribution in [0.3, 0.4) is 0 Å². The quantitative estimate of drug-likeness (QED) is 0.468. The van der Waals surface area contributed by atoms with Gasteiger partial charge in [0, 0.05) is 12.1 Å². The lowest BCUT2D eigenvalue weighted by Gasteiger charge is -2.07. The van der Waals surface area contributed by atoms with E-state index in [-0.39, 0.29) is 0 Å². The van der Waals surface area contributed by atoms with Gasteiger partial charge in [-0.25, -0.2) is 0 Å². The molecule has 0 aromatic heterocycles. The van der Waals surface area contributed by atoms with Gasteiger partial charge in [0.1, 0.15) is 0 Å². The van der Waals surface area contributed by atoms with Crippen LogP contribution in [0.25, 0.3) is 0 Å². The molecule has 0 spiro atoms. The maximum atomic E-state index is 2.60. The second-order valence-corrected chi connectivity index (χ2v) is 3.04. The summed E-state index contributed by atoms with van der Waals surface area (Å²) in [6, 6.07) is 1.95. The van der Waals surface area contributed by atoms with Crippen LogP contribution in [0.1, 0.15) is 40.0 Å². The normalized spacial score (nSPS) is 42.9. The molecule has 2 fully saturated rings. The summed E-state index contributed by atoms with van der Waals surface area (Å²) in [7, 11) is 0. The third-order valence-electron chi connectivity index (χ3n) is 2.58. The molecule has 0 aromatic rings. The SMILES string of the molecule is CC.CC1C2CCCCN12. The zero-order chi connectivity index (χ0) is 7.56. The minimum absolute atomic E-state index is 0.942. The molecule has 2 saturated heterocycles. The zero-order valence-electron chi connectivity index (χ0n) is 7.43. The molecule has 10 heavy (non-hydrogen) atoms. The van der Waals surface area contributed by atoms with Crippen molar-refractivity contribution in [1.29, 1.82) is 0 Å². The van der Waals surface area contributed by atoms with Gasteiger partial charge in [0.05, 0.1) is 0 Å². The van der Waals surface area contributed by atoms with Crippen LogP contribution in [0.2, 0.25) is 0 Å². The van der Waals surface area contributed by atoms with Gasteiger partial charge in [-0.15, -0.1) is 0 Å². The Morgan fingerprint density at radius 2 is 1.90 bits per heavy atom. The maximum Gasteiger partial charge on any atom is 0.0252 e. The predicted molar refractivity (Wildman–Crippen MR) is 45.2 cm³/mol. The summed E-state index contributed by atoms with van der Waals surface area (Å²) in [6.07, 6.45) is 4.40. The van der Waals surface area contributed by atoms with Crippen LogP contribution in [0.4, 0.5) is 0 Å². The predicted octanol–water partition coefficient (Wildman–Crippen LogP) is 2.27. The lowest BCUT2D eigenvalue weighted by Crippen LogP contribution is -2.09. The Labute approximate surface area is 64.4 Å². The van der Waals surface area contributed by atoms with Crippen molar-refractivity contribution in [2.45, 2.75) is 52.1 Å². The van der Waals surface area contributed by atoms with Crippen molar-refractivity contribution in [2.24, 2.45) is 0 Å². The van der Waals surface area contributed by atoms with Crippen molar-refractivity contribution in [1.82, 2.24) is 4.90 Å². The van der Waals surface area contributed by atoms with Crippen molar-refractivity contribution in [3.05, 3.63) is 0 Å². The van der Waals surface area contributed by atoms with Crippen LogP contribution >= 0.6 is 0 Å². The third-order valence-corrected chi connectivity index (χ3v) is 2.58. The summed E-state index contributed by atoms with van der Waals surface area (Å²) in [6.45, 7) is 7.72. The van der Waals surface area contributed by atoms with Gasteiger partial charge in [-0.2, -0.15) is 0 Å². The molecular weight excluding hydrogens is 122 g/mol. The number of fused-ring (bicyclic) bond motifs is 1. The van der Waals surface area contributed by atoms with Gasteiger partial charge < -0.3 is 0 Å². The van der Waals surface area contributed by atoms with E-state index in [2.05, 4.69) is 11.8 Å². The van der Waals surface area contributed by atoms with E-state index < -0.39 is 0 Å². The maximum absolute atomic E-state index is 2.60. The third kappa shape index (κ3) is 1.34. The topological polar surface area (TPSA) is 3.01 Å². The number of hydrogen-bond acceptors (Lipinski definition) is 1. The highest BCUT2D eigenvalue weighted by Crippen LogP contribution is 2.35. The summed E-state index contributed by atoms with van der Waals surface area (Å²) >= 11 is 0. The molecule has 0 radical (unpaired) electrons. The molecule has 0 aliphatic carbocycles. The van der Waals surface area contributed by atoms with Crippen molar-refractivity contribution < 1.29 is 0 Å². The largest absolute Gasteiger partial charge is 0.295 e. The first kappa shape index (κ1) is 8.06. The van der Waals surface area contributed by atoms with E-state index in [0.29, 0.717) is 0 Å². The molecule has 0 aromatic carbocycles. The molecule has 2 rings (SSSR count). The minimum Gasteiger partial charge on any atom is -0.295 e. The van der Waals surface area contributed by atoms with Crippen molar-refractivity contribution in [3.63, 3.8) is 0 Å². The van der Waals surface area contributed by atoms with E-state index in [1.807, 2.05) is 13.8 Å². The van der Waals surface area contributed by atoms with Crippen LogP contribution in [-0.4, -0.2) is 23.5 Å². The first-order valence-corrected chi connectivity index (χ1v) is 4.65. The zero-order valence-corrected chi connectivity index (χ0v) is 7.43. The Balaban J connectivity index is 0.000000231. The van der Waals surface area contributed by atoms with E-state index >= 15 is 0 Å². The molecule has 3 unspecified atom stereocenters. The Bertz CT molecular complexity index is 88.9. The molecule has 1 heteroatoms. The van der Waals surface area contributed by atoms with Gasteiger partial charge in [-0.3, -0.25) is 4.90 Å². The average molecular weight is 141 g/mol. The summed E-state index contributed by atoms with van der Waals surface area (Å²) in [4.78, 5) is 2.60. The van der Waals surface area contributed by atoms with Crippen LogP contribution in [0.5, 0.6) is 0 Å². The van der Waals surface area contributed by atoms with E-state index in [1.165, 1.54) is 25.8 Å². The Kier molecular flexibility index (Phi) is 2.72. The Morgan fingerprint density at radius 1 is 1.20 bits per heavy atom. The summed E-state index contributed by atoms with van der Waals surface area (Å²) in [5.41, 5.74) is 0. The highest BCUT2D eigenvalue weighted by Gasteiger charge is 2.44. The van der Waals surface area contributed by atoms with Gasteiger partial charge in [0.15, 0.2) is 0 Å². The van der Waals surface area contributed by atoms with Crippen molar-refractivity contribution in [2.75, 3.05) is 6.54 Å². The molecule has 0 N–H and O–H groups in total. The molecule has 0 saturated carbocycles. The fourth-order valence-corrected chi connectivity index (χ4v) is 1.90. The van der Waals surface area contributed by atoms with E-state index in [0.717, 1.165) is 12.1 Å². The Hall–Kier alpha value is -0.0400. The van der Waals surface area contributed by atoms with Gasteiger partial charge in [0.2, 0.25) is 0 Å². The number of piperidine rings is 1. The van der Waals surface area contributed by atoms with Crippen LogP contribution in [0.15, 0.2) is 0 Å². The molecule has 0 amide bonds. The number of rotatable bonds is 0. The molecule has 60 valence electrons. The average Bonchev–Trinajstić information content (AvgIpc) is 2.68. The highest BCUT2D eigenvalue weighted by molar-refractivity contribution is 5.00. The number of hydrogen-bond donors (Lipinski definition) is 0. The molecule has 2 aliphatic heterocycles. The lowest BCUT2D eigenvalue weighted by atomic mass is 10.1. The van der Waals surface area contributed by atoms with Crippen LogP contribution < -0.4 is 0 Å². The molecule has 2 aliphatic rings. The first-order chi connectivity index (χ1) is 4.89. The van der Waals surface area contributed by atoms with Gasteiger partial charge in [-0.1, -0.05) is 20.3 Å². The standard InChI is InChI=1S/C7H13N.C2H6/c1-6-7-4-2-3-5-8(6)7;1-2/h6-7H,2-5H2,1H3;1-2H3. The van der Waals surface area contributed by atoms with E-state index in [9.17, 15) is 0 Å². The summed E-state index contributed by atoms with van der Waals surface area (Å²) in [5, 5.41) is 0. The fourth-order valence-electron chi connectivity index (χ4n) is 1.90. The van der Waals surface area contributed by atoms with Gasteiger partial charge in [-0.05, 0) is 26.3 Å². The Morgan fingerprint density at radius 3 is 2.30 bits per heavy atom. The summed E-state index contributed by atoms with van der Waals surface area (Å²) < 4.78 is 0. The fraction of sp³-hybridized carbons (Fsp3) is 1.00. The first-order valence-electron chi connectivity index (χ1n) is 4.65. The molecule has 2 heterocycles. The van der Waals surface area contributed by atoms with Gasteiger partial charge in [0.25, 0.3) is 0 Å². The van der Waals surface area contributed by atoms with E-state index in [4.69, 9.17) is 0 Å². The van der Waals surface area contributed by atoms with E-state index in [1.54, 1.807) is 0 Å². The highest BCUT2D eigenvalue weighted by atomic mass is 15.3. The second kappa shape index (κ2) is 3.38.